The lowest BCUT2D eigenvalue weighted by atomic mass is 9.71. The van der Waals surface area contributed by atoms with Gasteiger partial charge in [-0.15, -0.1) is 0 Å². The predicted molar refractivity (Wildman–Crippen MR) is 94.2 cm³/mol. The number of aliphatic hydroxyl groups is 1. The fraction of sp³-hybridized carbons (Fsp3) is 0.684. The zero-order chi connectivity index (χ0) is 17.4. The minimum absolute atomic E-state index is 0.177. The Morgan fingerprint density at radius 3 is 2.80 bits per heavy atom. The van der Waals surface area contributed by atoms with E-state index in [1.54, 1.807) is 7.11 Å². The number of fused-ring (bicyclic) bond motifs is 1. The molecule has 1 aromatic rings. The number of rotatable bonds is 3. The van der Waals surface area contributed by atoms with Crippen LogP contribution in [0.25, 0.3) is 0 Å². The van der Waals surface area contributed by atoms with E-state index in [1.165, 1.54) is 5.56 Å². The third-order valence-corrected chi connectivity index (χ3v) is 5.84. The van der Waals surface area contributed by atoms with Crippen molar-refractivity contribution in [3.8, 4) is 17.2 Å². The van der Waals surface area contributed by atoms with Gasteiger partial charge in [0.1, 0.15) is 0 Å². The van der Waals surface area contributed by atoms with Crippen molar-refractivity contribution in [3.63, 3.8) is 0 Å². The fourth-order valence-corrected chi connectivity index (χ4v) is 4.71. The molecular weight excluding hydrogens is 320 g/mol. The summed E-state index contributed by atoms with van der Waals surface area (Å²) in [5.41, 5.74) is 1.48. The molecule has 0 aliphatic carbocycles. The molecule has 0 saturated carbocycles. The van der Waals surface area contributed by atoms with E-state index in [0.29, 0.717) is 5.75 Å². The Labute approximate surface area is 149 Å². The van der Waals surface area contributed by atoms with Gasteiger partial charge in [0, 0.05) is 19.6 Å². The number of likely N-dealkylation sites (tertiary alicyclic amines) is 2. The highest BCUT2D eigenvalue weighted by Crippen LogP contribution is 2.43. The number of likely N-dealkylation sites (N-methyl/N-ethyl adjacent to an activating group) is 1. The Morgan fingerprint density at radius 1 is 1.28 bits per heavy atom. The van der Waals surface area contributed by atoms with Gasteiger partial charge in [0.25, 0.3) is 0 Å². The van der Waals surface area contributed by atoms with E-state index < -0.39 is 0 Å². The lowest BCUT2D eigenvalue weighted by Gasteiger charge is -2.48. The molecule has 3 heterocycles. The summed E-state index contributed by atoms with van der Waals surface area (Å²) in [7, 11) is 3.78. The Bertz CT molecular complexity index is 616. The lowest BCUT2D eigenvalue weighted by molar-refractivity contribution is -0.0331. The number of ether oxygens (including phenoxy) is 3. The summed E-state index contributed by atoms with van der Waals surface area (Å²) in [4.78, 5) is 4.77. The molecule has 2 fully saturated rings. The number of hydrogen-bond acceptors (Lipinski definition) is 6. The molecule has 25 heavy (non-hydrogen) atoms. The van der Waals surface area contributed by atoms with E-state index in [0.717, 1.165) is 63.5 Å². The van der Waals surface area contributed by atoms with Crippen LogP contribution in [0.4, 0.5) is 0 Å². The number of β-amino-alcohol motifs (C(OH)–C–C–N with tert-alkyl or cyclic N) is 1. The third kappa shape index (κ3) is 3.43. The smallest absolute Gasteiger partial charge is 0.231 e. The molecule has 1 aromatic carbocycles. The molecule has 3 aliphatic heterocycles. The maximum atomic E-state index is 10.2. The second-order valence-electron chi connectivity index (χ2n) is 7.86. The van der Waals surface area contributed by atoms with Gasteiger partial charge < -0.3 is 24.2 Å². The first-order valence-corrected chi connectivity index (χ1v) is 9.12. The zero-order valence-electron chi connectivity index (χ0n) is 15.2. The molecule has 4 rings (SSSR count). The summed E-state index contributed by atoms with van der Waals surface area (Å²) in [5.74, 6) is 2.23. The van der Waals surface area contributed by atoms with Gasteiger partial charge >= 0.3 is 0 Å². The molecular formula is C19H28N2O4. The number of piperidine rings is 2. The van der Waals surface area contributed by atoms with Crippen molar-refractivity contribution < 1.29 is 19.3 Å². The topological polar surface area (TPSA) is 54.4 Å². The molecule has 1 spiro atoms. The van der Waals surface area contributed by atoms with Crippen molar-refractivity contribution in [1.29, 1.82) is 0 Å². The van der Waals surface area contributed by atoms with Crippen LogP contribution in [-0.2, 0) is 6.54 Å². The summed E-state index contributed by atoms with van der Waals surface area (Å²) >= 11 is 0. The van der Waals surface area contributed by atoms with Crippen LogP contribution in [0.5, 0.6) is 17.2 Å². The van der Waals surface area contributed by atoms with E-state index in [4.69, 9.17) is 14.2 Å². The van der Waals surface area contributed by atoms with Crippen LogP contribution >= 0.6 is 0 Å². The summed E-state index contributed by atoms with van der Waals surface area (Å²) in [5, 5.41) is 10.2. The maximum absolute atomic E-state index is 10.2. The van der Waals surface area contributed by atoms with E-state index in [9.17, 15) is 5.11 Å². The van der Waals surface area contributed by atoms with Crippen LogP contribution in [0, 0.1) is 5.41 Å². The second kappa shape index (κ2) is 6.67. The molecule has 138 valence electrons. The standard InChI is InChI=1S/C19H28N2O4/c1-20-11-15(22)9-19(12-20)3-5-21(6-4-19)10-14-7-16(23-2)18-17(8-14)24-13-25-18/h7-8,15,22H,3-6,9-13H2,1-2H3. The van der Waals surface area contributed by atoms with Gasteiger partial charge in [-0.25, -0.2) is 0 Å². The number of methoxy groups -OCH3 is 1. The summed E-state index contributed by atoms with van der Waals surface area (Å²) in [6, 6.07) is 4.11. The second-order valence-corrected chi connectivity index (χ2v) is 7.86. The van der Waals surface area contributed by atoms with Crippen molar-refractivity contribution in [1.82, 2.24) is 9.80 Å². The van der Waals surface area contributed by atoms with Crippen LogP contribution < -0.4 is 14.2 Å². The summed E-state index contributed by atoms with van der Waals surface area (Å²) in [6.45, 7) is 5.20. The van der Waals surface area contributed by atoms with Crippen LogP contribution in [0.3, 0.4) is 0 Å². The van der Waals surface area contributed by atoms with Crippen LogP contribution in [0.2, 0.25) is 0 Å². The van der Waals surface area contributed by atoms with Crippen molar-refractivity contribution >= 4 is 0 Å². The number of benzene rings is 1. The predicted octanol–water partition coefficient (Wildman–Crippen LogP) is 1.70. The first-order chi connectivity index (χ1) is 12.1. The minimum Gasteiger partial charge on any atom is -0.493 e. The monoisotopic (exact) mass is 348 g/mol. The Kier molecular flexibility index (Phi) is 4.52. The molecule has 0 amide bonds. The number of aliphatic hydroxyl groups excluding tert-OH is 1. The van der Waals surface area contributed by atoms with E-state index in [-0.39, 0.29) is 18.3 Å². The molecule has 1 unspecified atom stereocenters. The lowest BCUT2D eigenvalue weighted by Crippen LogP contribution is -2.52. The molecule has 6 nitrogen and oxygen atoms in total. The molecule has 0 radical (unpaired) electrons. The van der Waals surface area contributed by atoms with Crippen LogP contribution in [0.15, 0.2) is 12.1 Å². The minimum atomic E-state index is -0.177. The molecule has 1 N–H and O–H groups in total. The van der Waals surface area contributed by atoms with Crippen molar-refractivity contribution in [2.75, 3.05) is 47.1 Å². The summed E-state index contributed by atoms with van der Waals surface area (Å²) in [6.07, 6.45) is 3.07. The van der Waals surface area contributed by atoms with Crippen molar-refractivity contribution in [3.05, 3.63) is 17.7 Å². The average molecular weight is 348 g/mol. The Hall–Kier alpha value is -1.50. The van der Waals surface area contributed by atoms with E-state index in [1.807, 2.05) is 0 Å². The first kappa shape index (κ1) is 16.9. The molecule has 0 aromatic heterocycles. The van der Waals surface area contributed by atoms with Gasteiger partial charge in [0.15, 0.2) is 11.5 Å². The summed E-state index contributed by atoms with van der Waals surface area (Å²) < 4.78 is 16.4. The quantitative estimate of drug-likeness (QED) is 0.897. The third-order valence-electron chi connectivity index (χ3n) is 5.84. The normalized spacial score (nSPS) is 26.1. The molecule has 1 atom stereocenters. The first-order valence-electron chi connectivity index (χ1n) is 9.12. The van der Waals surface area contributed by atoms with Gasteiger partial charge in [-0.05, 0) is 62.5 Å². The largest absolute Gasteiger partial charge is 0.493 e. The zero-order valence-corrected chi connectivity index (χ0v) is 15.2. The van der Waals surface area contributed by atoms with Gasteiger partial charge in [-0.2, -0.15) is 0 Å². The molecule has 2 saturated heterocycles. The number of hydrogen-bond donors (Lipinski definition) is 1. The van der Waals surface area contributed by atoms with E-state index >= 15 is 0 Å². The van der Waals surface area contributed by atoms with Crippen molar-refractivity contribution in [2.24, 2.45) is 5.41 Å². The SMILES string of the molecule is COc1cc(CN2CCC3(CC2)CC(O)CN(C)C3)cc2c1OCO2. The maximum Gasteiger partial charge on any atom is 0.231 e. The Morgan fingerprint density at radius 2 is 2.08 bits per heavy atom. The highest BCUT2D eigenvalue weighted by molar-refractivity contribution is 5.55. The molecule has 6 heteroatoms. The van der Waals surface area contributed by atoms with Crippen LogP contribution in [0.1, 0.15) is 24.8 Å². The molecule has 3 aliphatic rings. The van der Waals surface area contributed by atoms with Gasteiger partial charge in [0.2, 0.25) is 12.5 Å². The number of nitrogens with zero attached hydrogens (tertiary/aromatic N) is 2. The van der Waals surface area contributed by atoms with Crippen molar-refractivity contribution in [2.45, 2.75) is 31.9 Å². The molecule has 0 bridgehead atoms. The van der Waals surface area contributed by atoms with Crippen LogP contribution in [-0.4, -0.2) is 68.1 Å². The average Bonchev–Trinajstić information content (AvgIpc) is 3.04. The van der Waals surface area contributed by atoms with Gasteiger partial charge in [0.05, 0.1) is 13.2 Å². The highest BCUT2D eigenvalue weighted by atomic mass is 16.7. The fourth-order valence-electron chi connectivity index (χ4n) is 4.71. The highest BCUT2D eigenvalue weighted by Gasteiger charge is 2.40. The Balaban J connectivity index is 1.41. The van der Waals surface area contributed by atoms with Gasteiger partial charge in [-0.1, -0.05) is 0 Å². The van der Waals surface area contributed by atoms with Gasteiger partial charge in [-0.3, -0.25) is 4.90 Å². The van der Waals surface area contributed by atoms with E-state index in [2.05, 4.69) is 29.0 Å².